The van der Waals surface area contributed by atoms with Gasteiger partial charge in [-0.2, -0.15) is 11.3 Å². The maximum atomic E-state index is 12.4. The van der Waals surface area contributed by atoms with Crippen molar-refractivity contribution in [1.29, 1.82) is 0 Å². The van der Waals surface area contributed by atoms with Crippen molar-refractivity contribution >= 4 is 17.2 Å². The first-order chi connectivity index (χ1) is 9.29. The molecule has 4 nitrogen and oxygen atoms in total. The van der Waals surface area contributed by atoms with Gasteiger partial charge in [-0.25, -0.2) is 0 Å². The highest BCUT2D eigenvalue weighted by Gasteiger charge is 2.40. The molecule has 0 aliphatic carbocycles. The molecule has 3 rings (SSSR count). The Morgan fingerprint density at radius 2 is 2.47 bits per heavy atom. The molecule has 19 heavy (non-hydrogen) atoms. The molecule has 5 heteroatoms. The average molecular weight is 280 g/mol. The van der Waals surface area contributed by atoms with Crippen LogP contribution in [0.5, 0.6) is 0 Å². The summed E-state index contributed by atoms with van der Waals surface area (Å²) in [5, 5.41) is 7.62. The van der Waals surface area contributed by atoms with E-state index in [2.05, 4.69) is 29.1 Å². The number of rotatable bonds is 4. The number of hydrogen-bond acceptors (Lipinski definition) is 4. The first-order valence-electron chi connectivity index (χ1n) is 7.00. The Morgan fingerprint density at radius 1 is 1.58 bits per heavy atom. The Morgan fingerprint density at radius 3 is 3.11 bits per heavy atom. The zero-order valence-corrected chi connectivity index (χ0v) is 12.0. The number of carbonyl (C=O) groups is 1. The summed E-state index contributed by atoms with van der Waals surface area (Å²) >= 11 is 1.67. The molecule has 3 heterocycles. The van der Waals surface area contributed by atoms with Crippen molar-refractivity contribution in [3.05, 3.63) is 22.4 Å². The van der Waals surface area contributed by atoms with Gasteiger partial charge >= 0.3 is 0 Å². The summed E-state index contributed by atoms with van der Waals surface area (Å²) in [6, 6.07) is 2.04. The van der Waals surface area contributed by atoms with Crippen LogP contribution in [0.2, 0.25) is 0 Å². The van der Waals surface area contributed by atoms with Crippen LogP contribution in [0.1, 0.15) is 37.9 Å². The minimum atomic E-state index is -0.0497. The molecule has 0 bridgehead atoms. The lowest BCUT2D eigenvalue weighted by molar-refractivity contribution is -0.131. The molecule has 2 aliphatic heterocycles. The molecule has 1 amide bonds. The fourth-order valence-corrected chi connectivity index (χ4v) is 3.56. The number of thiophene rings is 1. The van der Waals surface area contributed by atoms with Crippen LogP contribution >= 0.6 is 11.3 Å². The highest BCUT2D eigenvalue weighted by Crippen LogP contribution is 2.29. The highest BCUT2D eigenvalue weighted by atomic mass is 32.1. The Labute approximate surface area is 117 Å². The van der Waals surface area contributed by atoms with Gasteiger partial charge in [0.2, 0.25) is 5.91 Å². The molecule has 0 radical (unpaired) electrons. The monoisotopic (exact) mass is 280 g/mol. The second-order valence-electron chi connectivity index (χ2n) is 5.21. The molecule has 1 aromatic rings. The summed E-state index contributed by atoms with van der Waals surface area (Å²) < 4.78 is 5.68. The Bertz CT molecular complexity index is 429. The number of amides is 1. The van der Waals surface area contributed by atoms with E-state index in [0.29, 0.717) is 6.54 Å². The first kappa shape index (κ1) is 13.1. The predicted molar refractivity (Wildman–Crippen MR) is 75.0 cm³/mol. The number of ether oxygens (including phenoxy) is 1. The minimum Gasteiger partial charge on any atom is -0.376 e. The Balaban J connectivity index is 1.77. The van der Waals surface area contributed by atoms with E-state index in [9.17, 15) is 4.79 Å². The van der Waals surface area contributed by atoms with Gasteiger partial charge in [0.25, 0.3) is 0 Å². The van der Waals surface area contributed by atoms with Gasteiger partial charge in [-0.15, -0.1) is 0 Å². The topological polar surface area (TPSA) is 41.6 Å². The van der Waals surface area contributed by atoms with Crippen LogP contribution in [-0.2, 0) is 9.53 Å². The van der Waals surface area contributed by atoms with Crippen molar-refractivity contribution in [3.63, 3.8) is 0 Å². The van der Waals surface area contributed by atoms with E-state index in [1.54, 1.807) is 11.3 Å². The third-order valence-electron chi connectivity index (χ3n) is 3.94. The highest BCUT2D eigenvalue weighted by molar-refractivity contribution is 7.07. The van der Waals surface area contributed by atoms with Crippen molar-refractivity contribution < 1.29 is 9.53 Å². The summed E-state index contributed by atoms with van der Waals surface area (Å²) in [5.41, 5.74) is 1.19. The summed E-state index contributed by atoms with van der Waals surface area (Å²) in [6.07, 6.45) is 3.24. The third-order valence-corrected chi connectivity index (χ3v) is 4.64. The van der Waals surface area contributed by atoms with Crippen molar-refractivity contribution in [2.45, 2.75) is 44.5 Å². The smallest absolute Gasteiger partial charge is 0.241 e. The lowest BCUT2D eigenvalue weighted by Gasteiger charge is -2.26. The van der Waals surface area contributed by atoms with Gasteiger partial charge in [-0.3, -0.25) is 10.1 Å². The standard InChI is InChI=1S/C14H20N2O2S/c1-2-12-14(17)16(8-11-4-3-6-18-11)13(15-12)10-5-7-19-9-10/h5,7,9,11-13,15H,2-4,6,8H2,1H3. The van der Waals surface area contributed by atoms with Crippen molar-refractivity contribution in [1.82, 2.24) is 10.2 Å². The predicted octanol–water partition coefficient (Wildman–Crippen LogP) is 2.14. The van der Waals surface area contributed by atoms with E-state index in [1.807, 2.05) is 4.90 Å². The molecule has 0 saturated carbocycles. The van der Waals surface area contributed by atoms with Crippen LogP contribution in [-0.4, -0.2) is 36.1 Å². The van der Waals surface area contributed by atoms with Crippen molar-refractivity contribution in [3.8, 4) is 0 Å². The number of hydrogen-bond donors (Lipinski definition) is 1. The van der Waals surface area contributed by atoms with E-state index in [0.717, 1.165) is 25.9 Å². The molecule has 1 N–H and O–H groups in total. The second kappa shape index (κ2) is 5.61. The van der Waals surface area contributed by atoms with E-state index < -0.39 is 0 Å². The van der Waals surface area contributed by atoms with Crippen LogP contribution in [0, 0.1) is 0 Å². The van der Waals surface area contributed by atoms with Crippen molar-refractivity contribution in [2.24, 2.45) is 0 Å². The zero-order chi connectivity index (χ0) is 13.2. The second-order valence-corrected chi connectivity index (χ2v) is 5.99. The van der Waals surface area contributed by atoms with Gasteiger partial charge in [0.1, 0.15) is 6.17 Å². The van der Waals surface area contributed by atoms with Gasteiger partial charge in [0, 0.05) is 13.2 Å². The van der Waals surface area contributed by atoms with E-state index in [4.69, 9.17) is 4.74 Å². The lowest BCUT2D eigenvalue weighted by atomic mass is 10.2. The molecule has 0 aromatic carbocycles. The zero-order valence-electron chi connectivity index (χ0n) is 11.2. The minimum absolute atomic E-state index is 0.0212. The number of nitrogens with one attached hydrogen (secondary N) is 1. The number of nitrogens with zero attached hydrogens (tertiary/aromatic N) is 1. The quantitative estimate of drug-likeness (QED) is 0.918. The molecule has 3 atom stereocenters. The fourth-order valence-electron chi connectivity index (χ4n) is 2.88. The lowest BCUT2D eigenvalue weighted by Crippen LogP contribution is -2.37. The number of carbonyl (C=O) groups excluding carboxylic acids is 1. The molecule has 3 unspecified atom stereocenters. The van der Waals surface area contributed by atoms with Gasteiger partial charge in [0.05, 0.1) is 12.1 Å². The third kappa shape index (κ3) is 2.55. The van der Waals surface area contributed by atoms with Gasteiger partial charge in [-0.05, 0) is 41.7 Å². The summed E-state index contributed by atoms with van der Waals surface area (Å²) in [7, 11) is 0. The summed E-state index contributed by atoms with van der Waals surface area (Å²) in [6.45, 7) is 3.60. The van der Waals surface area contributed by atoms with Gasteiger partial charge in [-0.1, -0.05) is 6.92 Å². The largest absolute Gasteiger partial charge is 0.376 e. The van der Waals surface area contributed by atoms with Crippen LogP contribution in [0.25, 0.3) is 0 Å². The maximum absolute atomic E-state index is 12.4. The van der Waals surface area contributed by atoms with Crippen LogP contribution in [0.3, 0.4) is 0 Å². The van der Waals surface area contributed by atoms with Crippen molar-refractivity contribution in [2.75, 3.05) is 13.2 Å². The average Bonchev–Trinajstić information content (AvgIpc) is 3.13. The Kier molecular flexibility index (Phi) is 3.86. The van der Waals surface area contributed by atoms with Crippen LogP contribution in [0.15, 0.2) is 16.8 Å². The van der Waals surface area contributed by atoms with Crippen LogP contribution in [0.4, 0.5) is 0 Å². The molecule has 2 aliphatic rings. The molecular weight excluding hydrogens is 260 g/mol. The van der Waals surface area contributed by atoms with Gasteiger partial charge in [0.15, 0.2) is 0 Å². The normalized spacial score (nSPS) is 31.3. The fraction of sp³-hybridized carbons (Fsp3) is 0.643. The summed E-state index contributed by atoms with van der Waals surface area (Å²) in [4.78, 5) is 14.4. The Hall–Kier alpha value is -0.910. The van der Waals surface area contributed by atoms with Crippen LogP contribution < -0.4 is 5.32 Å². The molecular formula is C14H20N2O2S. The van der Waals surface area contributed by atoms with Gasteiger partial charge < -0.3 is 9.64 Å². The maximum Gasteiger partial charge on any atom is 0.241 e. The molecule has 0 spiro atoms. The SMILES string of the molecule is CCC1NC(c2ccsc2)N(CC2CCCO2)C1=O. The van der Waals surface area contributed by atoms with E-state index in [-0.39, 0.29) is 24.2 Å². The first-order valence-corrected chi connectivity index (χ1v) is 7.94. The molecule has 2 fully saturated rings. The van der Waals surface area contributed by atoms with E-state index >= 15 is 0 Å². The molecule has 104 valence electrons. The molecule has 2 saturated heterocycles. The van der Waals surface area contributed by atoms with E-state index in [1.165, 1.54) is 5.56 Å². The molecule has 1 aromatic heterocycles. The summed E-state index contributed by atoms with van der Waals surface area (Å²) in [5.74, 6) is 0.217.